The Morgan fingerprint density at radius 2 is 1.00 bits per heavy atom. The van der Waals surface area contributed by atoms with Crippen LogP contribution in [0.3, 0.4) is 0 Å². The smallest absolute Gasteiger partial charge is 0.0935 e. The summed E-state index contributed by atoms with van der Waals surface area (Å²) >= 11 is 0. The third kappa shape index (κ3) is 9.09. The van der Waals surface area contributed by atoms with Crippen LogP contribution in [0.2, 0.25) is 0 Å². The molecule has 0 saturated heterocycles. The molecule has 0 amide bonds. The minimum Gasteiger partial charge on any atom is -0.389 e. The number of hydrogen-bond donors (Lipinski definition) is 4. The lowest BCUT2D eigenvalue weighted by Gasteiger charge is -2.20. The molecule has 0 aliphatic heterocycles. The van der Waals surface area contributed by atoms with Crippen LogP contribution < -0.4 is 10.6 Å². The van der Waals surface area contributed by atoms with Crippen molar-refractivity contribution < 1.29 is 10.2 Å². The quantitative estimate of drug-likeness (QED) is 0.458. The van der Waals surface area contributed by atoms with Gasteiger partial charge in [0.25, 0.3) is 0 Å². The molecule has 0 saturated carbocycles. The van der Waals surface area contributed by atoms with Gasteiger partial charge in [0.2, 0.25) is 0 Å². The highest BCUT2D eigenvalue weighted by Crippen LogP contribution is 1.94. The molecular formula is C12H28N2O2. The Balaban J connectivity index is 3.52. The van der Waals surface area contributed by atoms with Gasteiger partial charge >= 0.3 is 0 Å². The van der Waals surface area contributed by atoms with Gasteiger partial charge in [-0.1, -0.05) is 27.7 Å². The first-order chi connectivity index (χ1) is 7.43. The van der Waals surface area contributed by atoms with Crippen molar-refractivity contribution in [2.75, 3.05) is 26.2 Å². The molecule has 4 heteroatoms. The van der Waals surface area contributed by atoms with E-state index in [1.165, 1.54) is 0 Å². The number of aliphatic hydroxyl groups is 2. The van der Waals surface area contributed by atoms with E-state index in [-0.39, 0.29) is 0 Å². The number of hydrogen-bond acceptors (Lipinski definition) is 4. The fourth-order valence-corrected chi connectivity index (χ4v) is 1.31. The van der Waals surface area contributed by atoms with Gasteiger partial charge in [0.1, 0.15) is 0 Å². The lowest BCUT2D eigenvalue weighted by Crippen LogP contribution is -2.43. The Kier molecular flexibility index (Phi) is 8.84. The zero-order valence-corrected chi connectivity index (χ0v) is 11.0. The first-order valence-corrected chi connectivity index (χ1v) is 6.21. The van der Waals surface area contributed by atoms with Crippen molar-refractivity contribution >= 4 is 0 Å². The highest BCUT2D eigenvalue weighted by Gasteiger charge is 2.15. The minimum atomic E-state index is -0.696. The van der Waals surface area contributed by atoms with E-state index < -0.39 is 12.2 Å². The second kappa shape index (κ2) is 8.93. The SMILES string of the molecule is CC(C)CNCC(O)C(O)CNCC(C)C. The summed E-state index contributed by atoms with van der Waals surface area (Å²) in [5.41, 5.74) is 0. The van der Waals surface area contributed by atoms with E-state index in [0.29, 0.717) is 24.9 Å². The summed E-state index contributed by atoms with van der Waals surface area (Å²) in [6.45, 7) is 11.1. The van der Waals surface area contributed by atoms with Crippen molar-refractivity contribution in [2.45, 2.75) is 39.9 Å². The maximum atomic E-state index is 9.64. The fraction of sp³-hybridized carbons (Fsp3) is 1.00. The summed E-state index contributed by atoms with van der Waals surface area (Å²) in [6.07, 6.45) is -1.39. The van der Waals surface area contributed by atoms with Gasteiger partial charge in [0.15, 0.2) is 0 Å². The zero-order chi connectivity index (χ0) is 12.6. The first-order valence-electron chi connectivity index (χ1n) is 6.21. The molecule has 4 nitrogen and oxygen atoms in total. The highest BCUT2D eigenvalue weighted by atomic mass is 16.3. The molecule has 0 aliphatic carbocycles. The largest absolute Gasteiger partial charge is 0.389 e. The molecule has 0 aromatic heterocycles. The minimum absolute atomic E-state index is 0.447. The lowest BCUT2D eigenvalue weighted by atomic mass is 10.1. The molecule has 0 aromatic carbocycles. The molecule has 0 heterocycles. The third-order valence-corrected chi connectivity index (χ3v) is 2.26. The van der Waals surface area contributed by atoms with Gasteiger partial charge in [-0.3, -0.25) is 0 Å². The van der Waals surface area contributed by atoms with Crippen molar-refractivity contribution in [3.8, 4) is 0 Å². The molecular weight excluding hydrogens is 204 g/mol. The Morgan fingerprint density at radius 1 is 0.688 bits per heavy atom. The van der Waals surface area contributed by atoms with Crippen LogP contribution in [-0.2, 0) is 0 Å². The Bertz CT molecular complexity index is 145. The van der Waals surface area contributed by atoms with Crippen LogP contribution in [0.15, 0.2) is 0 Å². The molecule has 2 atom stereocenters. The topological polar surface area (TPSA) is 64.5 Å². The Morgan fingerprint density at radius 3 is 1.25 bits per heavy atom. The van der Waals surface area contributed by atoms with Gasteiger partial charge in [0.05, 0.1) is 12.2 Å². The van der Waals surface area contributed by atoms with E-state index in [1.54, 1.807) is 0 Å². The summed E-state index contributed by atoms with van der Waals surface area (Å²) in [5, 5.41) is 25.5. The van der Waals surface area contributed by atoms with Crippen LogP contribution in [0.25, 0.3) is 0 Å². The number of rotatable bonds is 9. The monoisotopic (exact) mass is 232 g/mol. The summed E-state index contributed by atoms with van der Waals surface area (Å²) in [6, 6.07) is 0. The van der Waals surface area contributed by atoms with E-state index in [0.717, 1.165) is 13.1 Å². The molecule has 4 N–H and O–H groups in total. The van der Waals surface area contributed by atoms with Gasteiger partial charge in [-0.25, -0.2) is 0 Å². The molecule has 2 unspecified atom stereocenters. The van der Waals surface area contributed by atoms with Crippen molar-refractivity contribution in [2.24, 2.45) is 11.8 Å². The maximum Gasteiger partial charge on any atom is 0.0935 e. The average molecular weight is 232 g/mol. The van der Waals surface area contributed by atoms with Crippen molar-refractivity contribution in [3.05, 3.63) is 0 Å². The van der Waals surface area contributed by atoms with Crippen LogP contribution in [0.1, 0.15) is 27.7 Å². The zero-order valence-electron chi connectivity index (χ0n) is 11.0. The summed E-state index contributed by atoms with van der Waals surface area (Å²) < 4.78 is 0. The van der Waals surface area contributed by atoms with E-state index in [2.05, 4.69) is 38.3 Å². The summed E-state index contributed by atoms with van der Waals surface area (Å²) in [5.74, 6) is 1.12. The standard InChI is InChI=1S/C12H28N2O2/c1-9(2)5-13-7-11(15)12(16)8-14-6-10(3)4/h9-16H,5-8H2,1-4H3. The normalized spacial score (nSPS) is 15.8. The fourth-order valence-electron chi connectivity index (χ4n) is 1.31. The second-order valence-electron chi connectivity index (χ2n) is 5.24. The molecule has 16 heavy (non-hydrogen) atoms. The predicted molar refractivity (Wildman–Crippen MR) is 67.4 cm³/mol. The van der Waals surface area contributed by atoms with Crippen LogP contribution in [0.4, 0.5) is 0 Å². The predicted octanol–water partition coefficient (Wildman–Crippen LogP) is 0.199. The van der Waals surface area contributed by atoms with Crippen molar-refractivity contribution in [3.63, 3.8) is 0 Å². The Labute approximate surface area is 99.4 Å². The molecule has 0 aliphatic rings. The summed E-state index contributed by atoms with van der Waals surface area (Å²) in [7, 11) is 0. The van der Waals surface area contributed by atoms with Crippen molar-refractivity contribution in [1.82, 2.24) is 10.6 Å². The molecule has 0 bridgehead atoms. The van der Waals surface area contributed by atoms with E-state index >= 15 is 0 Å². The van der Waals surface area contributed by atoms with Crippen LogP contribution >= 0.6 is 0 Å². The number of aliphatic hydroxyl groups excluding tert-OH is 2. The van der Waals surface area contributed by atoms with Gasteiger partial charge in [-0.2, -0.15) is 0 Å². The van der Waals surface area contributed by atoms with Gasteiger partial charge < -0.3 is 20.8 Å². The number of nitrogens with one attached hydrogen (secondary N) is 2. The molecule has 0 spiro atoms. The van der Waals surface area contributed by atoms with Crippen LogP contribution in [0, 0.1) is 11.8 Å². The first kappa shape index (κ1) is 15.8. The van der Waals surface area contributed by atoms with Gasteiger partial charge in [-0.15, -0.1) is 0 Å². The third-order valence-electron chi connectivity index (χ3n) is 2.26. The van der Waals surface area contributed by atoms with Gasteiger partial charge in [-0.05, 0) is 24.9 Å². The summed E-state index contributed by atoms with van der Waals surface area (Å²) in [4.78, 5) is 0. The van der Waals surface area contributed by atoms with E-state index in [9.17, 15) is 10.2 Å². The van der Waals surface area contributed by atoms with E-state index in [1.807, 2.05) is 0 Å². The Hall–Kier alpha value is -0.160. The molecule has 0 aromatic rings. The lowest BCUT2D eigenvalue weighted by molar-refractivity contribution is 0.0203. The molecule has 98 valence electrons. The molecule has 0 radical (unpaired) electrons. The average Bonchev–Trinajstić information content (AvgIpc) is 2.16. The van der Waals surface area contributed by atoms with E-state index in [4.69, 9.17) is 0 Å². The van der Waals surface area contributed by atoms with Crippen molar-refractivity contribution in [1.29, 1.82) is 0 Å². The molecule has 0 rings (SSSR count). The molecule has 0 fully saturated rings. The highest BCUT2D eigenvalue weighted by molar-refractivity contribution is 4.72. The van der Waals surface area contributed by atoms with Crippen LogP contribution in [0.5, 0.6) is 0 Å². The maximum absolute atomic E-state index is 9.64. The second-order valence-corrected chi connectivity index (χ2v) is 5.24. The van der Waals surface area contributed by atoms with Gasteiger partial charge in [0, 0.05) is 13.1 Å². The van der Waals surface area contributed by atoms with Crippen LogP contribution in [-0.4, -0.2) is 48.6 Å².